The molecule has 1 fully saturated rings. The third-order valence-corrected chi connectivity index (χ3v) is 8.15. The molecule has 8 heteroatoms. The van der Waals surface area contributed by atoms with Gasteiger partial charge in [0.25, 0.3) is 5.91 Å². The molecule has 1 unspecified atom stereocenters. The molecule has 3 aromatic carbocycles. The maximum atomic E-state index is 14.0. The standard InChI is InChI=1S/C34H39N5O3/c1-24-13-14-27(19-25(24)2)22-39(26(3)40)34(42)32(20-28-21-35-31-12-8-7-11-30(28)31)36-33(41)23-37-15-17-38(18-16-37)29-9-5-4-6-10-29/h4-14,19,21,32,35H,15-18,20,22-23H2,1-3H3,(H,36,41). The minimum Gasteiger partial charge on any atom is -0.369 e. The highest BCUT2D eigenvalue weighted by Gasteiger charge is 2.30. The lowest BCUT2D eigenvalue weighted by Crippen LogP contribution is -2.54. The van der Waals surface area contributed by atoms with Gasteiger partial charge >= 0.3 is 0 Å². The van der Waals surface area contributed by atoms with Gasteiger partial charge in [-0.1, -0.05) is 54.6 Å². The summed E-state index contributed by atoms with van der Waals surface area (Å²) in [6, 6.07) is 23.2. The molecular formula is C34H39N5O3. The smallest absolute Gasteiger partial charge is 0.252 e. The van der Waals surface area contributed by atoms with E-state index in [0.717, 1.165) is 59.3 Å². The molecular weight excluding hydrogens is 526 g/mol. The molecule has 1 aliphatic rings. The van der Waals surface area contributed by atoms with Crippen LogP contribution in [0.2, 0.25) is 0 Å². The van der Waals surface area contributed by atoms with E-state index in [-0.39, 0.29) is 31.3 Å². The van der Waals surface area contributed by atoms with Gasteiger partial charge in [-0.05, 0) is 54.3 Å². The molecule has 2 N–H and O–H groups in total. The molecule has 5 rings (SSSR count). The maximum Gasteiger partial charge on any atom is 0.252 e. The number of carbonyl (C=O) groups is 3. The highest BCUT2D eigenvalue weighted by Crippen LogP contribution is 2.21. The number of fused-ring (bicyclic) bond motifs is 1. The van der Waals surface area contributed by atoms with Crippen molar-refractivity contribution >= 4 is 34.3 Å². The average molecular weight is 566 g/mol. The lowest BCUT2D eigenvalue weighted by molar-refractivity contribution is -0.147. The fourth-order valence-corrected chi connectivity index (χ4v) is 5.58. The summed E-state index contributed by atoms with van der Waals surface area (Å²) in [6.07, 6.45) is 2.15. The van der Waals surface area contributed by atoms with Gasteiger partial charge in [-0.3, -0.25) is 24.2 Å². The first-order valence-corrected chi connectivity index (χ1v) is 14.5. The average Bonchev–Trinajstić information content (AvgIpc) is 3.40. The van der Waals surface area contributed by atoms with Gasteiger partial charge in [-0.2, -0.15) is 0 Å². The number of piperazine rings is 1. The van der Waals surface area contributed by atoms with E-state index in [9.17, 15) is 14.4 Å². The fourth-order valence-electron chi connectivity index (χ4n) is 5.58. The van der Waals surface area contributed by atoms with Gasteiger partial charge < -0.3 is 15.2 Å². The topological polar surface area (TPSA) is 88.8 Å². The van der Waals surface area contributed by atoms with E-state index >= 15 is 0 Å². The lowest BCUT2D eigenvalue weighted by atomic mass is 10.0. The zero-order chi connectivity index (χ0) is 29.6. The van der Waals surface area contributed by atoms with E-state index in [2.05, 4.69) is 32.2 Å². The van der Waals surface area contributed by atoms with Crippen LogP contribution in [0.15, 0.2) is 79.0 Å². The van der Waals surface area contributed by atoms with E-state index in [4.69, 9.17) is 0 Å². The predicted octanol–water partition coefficient (Wildman–Crippen LogP) is 4.21. The number of carbonyl (C=O) groups excluding carboxylic acids is 3. The van der Waals surface area contributed by atoms with Crippen LogP contribution in [0.5, 0.6) is 0 Å². The quantitative estimate of drug-likeness (QED) is 0.318. The molecule has 42 heavy (non-hydrogen) atoms. The summed E-state index contributed by atoms with van der Waals surface area (Å²) in [7, 11) is 0. The second kappa shape index (κ2) is 13.0. The second-order valence-corrected chi connectivity index (χ2v) is 11.1. The van der Waals surface area contributed by atoms with Crippen LogP contribution >= 0.6 is 0 Å². The van der Waals surface area contributed by atoms with Crippen LogP contribution in [0.3, 0.4) is 0 Å². The largest absolute Gasteiger partial charge is 0.369 e. The van der Waals surface area contributed by atoms with Crippen molar-refractivity contribution in [2.24, 2.45) is 0 Å². The highest BCUT2D eigenvalue weighted by atomic mass is 16.2. The van der Waals surface area contributed by atoms with Crippen LogP contribution in [0.1, 0.15) is 29.2 Å². The number of H-pyrrole nitrogens is 1. The van der Waals surface area contributed by atoms with Gasteiger partial charge in [0.05, 0.1) is 13.1 Å². The summed E-state index contributed by atoms with van der Waals surface area (Å²) in [5, 5.41) is 3.99. The van der Waals surface area contributed by atoms with Crippen LogP contribution in [-0.4, -0.2) is 71.3 Å². The number of rotatable bonds is 9. The van der Waals surface area contributed by atoms with Crippen molar-refractivity contribution < 1.29 is 14.4 Å². The maximum absolute atomic E-state index is 14.0. The van der Waals surface area contributed by atoms with Gasteiger partial charge in [0.15, 0.2) is 0 Å². The Morgan fingerprint density at radius 3 is 2.33 bits per heavy atom. The zero-order valence-corrected chi connectivity index (χ0v) is 24.6. The Hall–Kier alpha value is -4.43. The van der Waals surface area contributed by atoms with E-state index < -0.39 is 11.9 Å². The van der Waals surface area contributed by atoms with E-state index in [1.165, 1.54) is 17.5 Å². The van der Waals surface area contributed by atoms with Gasteiger partial charge in [0, 0.05) is 62.3 Å². The molecule has 1 aromatic heterocycles. The van der Waals surface area contributed by atoms with Crippen molar-refractivity contribution in [3.05, 3.63) is 101 Å². The molecule has 0 saturated carbocycles. The Bertz CT molecular complexity index is 1560. The molecule has 2 heterocycles. The first-order chi connectivity index (χ1) is 20.3. The molecule has 3 amide bonds. The van der Waals surface area contributed by atoms with Crippen LogP contribution in [0.4, 0.5) is 5.69 Å². The minimum atomic E-state index is -0.891. The summed E-state index contributed by atoms with van der Waals surface area (Å²) in [5.74, 6) is -0.988. The zero-order valence-electron chi connectivity index (χ0n) is 24.6. The Morgan fingerprint density at radius 2 is 1.62 bits per heavy atom. The summed E-state index contributed by atoms with van der Waals surface area (Å²) in [4.78, 5) is 49.1. The number of nitrogens with zero attached hydrogens (tertiary/aromatic N) is 3. The van der Waals surface area contributed by atoms with Gasteiger partial charge in [0.2, 0.25) is 11.8 Å². The molecule has 0 aliphatic carbocycles. The lowest BCUT2D eigenvalue weighted by Gasteiger charge is -2.36. The van der Waals surface area contributed by atoms with Gasteiger partial charge in [0.1, 0.15) is 6.04 Å². The number of nitrogens with one attached hydrogen (secondary N) is 2. The molecule has 1 atom stereocenters. The second-order valence-electron chi connectivity index (χ2n) is 11.1. The predicted molar refractivity (Wildman–Crippen MR) is 166 cm³/mol. The highest BCUT2D eigenvalue weighted by molar-refractivity contribution is 5.99. The number of aromatic nitrogens is 1. The van der Waals surface area contributed by atoms with Crippen LogP contribution in [-0.2, 0) is 27.3 Å². The Kier molecular flexibility index (Phi) is 9.03. The summed E-state index contributed by atoms with van der Waals surface area (Å²) in [5.41, 5.74) is 6.16. The molecule has 8 nitrogen and oxygen atoms in total. The fraction of sp³-hybridized carbons (Fsp3) is 0.324. The van der Waals surface area contributed by atoms with Crippen molar-refractivity contribution in [1.82, 2.24) is 20.1 Å². The molecule has 4 aromatic rings. The number of imide groups is 1. The molecule has 218 valence electrons. The third kappa shape index (κ3) is 6.89. The Morgan fingerprint density at radius 1 is 0.905 bits per heavy atom. The number of anilines is 1. The van der Waals surface area contributed by atoms with Crippen molar-refractivity contribution in [2.45, 2.75) is 39.8 Å². The normalized spacial score (nSPS) is 14.5. The number of amides is 3. The number of aromatic amines is 1. The summed E-state index contributed by atoms with van der Waals surface area (Å²) >= 11 is 0. The van der Waals surface area contributed by atoms with Crippen molar-refractivity contribution in [2.75, 3.05) is 37.6 Å². The van der Waals surface area contributed by atoms with Crippen LogP contribution in [0.25, 0.3) is 10.9 Å². The molecule has 0 bridgehead atoms. The SMILES string of the molecule is CC(=O)N(Cc1ccc(C)c(C)c1)C(=O)C(Cc1c[nH]c2ccccc12)NC(=O)CN1CCN(c2ccccc2)CC1. The molecule has 1 saturated heterocycles. The number of hydrogen-bond donors (Lipinski definition) is 2. The first-order valence-electron chi connectivity index (χ1n) is 14.5. The van der Waals surface area contributed by atoms with Crippen molar-refractivity contribution in [3.63, 3.8) is 0 Å². The van der Waals surface area contributed by atoms with Crippen molar-refractivity contribution in [3.8, 4) is 0 Å². The Balaban J connectivity index is 1.31. The number of benzene rings is 3. The minimum absolute atomic E-state index is 0.150. The summed E-state index contributed by atoms with van der Waals surface area (Å²) < 4.78 is 0. The molecule has 0 radical (unpaired) electrons. The van der Waals surface area contributed by atoms with Crippen molar-refractivity contribution in [1.29, 1.82) is 0 Å². The van der Waals surface area contributed by atoms with Crippen LogP contribution in [0, 0.1) is 13.8 Å². The number of para-hydroxylation sites is 2. The van der Waals surface area contributed by atoms with Gasteiger partial charge in [-0.25, -0.2) is 0 Å². The van der Waals surface area contributed by atoms with Gasteiger partial charge in [-0.15, -0.1) is 0 Å². The number of aryl methyl sites for hydroxylation is 2. The van der Waals surface area contributed by atoms with E-state index in [0.29, 0.717) is 0 Å². The Labute approximate surface area is 247 Å². The summed E-state index contributed by atoms with van der Waals surface area (Å²) in [6.45, 7) is 8.92. The number of hydrogen-bond acceptors (Lipinski definition) is 5. The third-order valence-electron chi connectivity index (χ3n) is 8.15. The molecule has 1 aliphatic heterocycles. The monoisotopic (exact) mass is 565 g/mol. The first kappa shape index (κ1) is 29.1. The van der Waals surface area contributed by atoms with Crippen LogP contribution < -0.4 is 10.2 Å². The van der Waals surface area contributed by atoms with E-state index in [1.807, 2.05) is 80.7 Å². The van der Waals surface area contributed by atoms with E-state index in [1.54, 1.807) is 0 Å². The molecule has 0 spiro atoms.